The lowest BCUT2D eigenvalue weighted by molar-refractivity contribution is 0.191. The van der Waals surface area contributed by atoms with Gasteiger partial charge in [-0.25, -0.2) is 4.98 Å². The maximum atomic E-state index is 13.7. The summed E-state index contributed by atoms with van der Waals surface area (Å²) in [5, 5.41) is 5.14. The molecule has 204 valence electrons. The van der Waals surface area contributed by atoms with Crippen LogP contribution >= 0.6 is 0 Å². The number of hydrogen-bond donors (Lipinski definition) is 0. The molecule has 0 aliphatic rings. The molecule has 0 spiro atoms. The molecule has 7 nitrogen and oxygen atoms in total. The SMILES string of the molecule is COc1cc(C=Nn2c(-c3cc(C(C)C)c(OC)cc3C)nc3ccccc3c2=O)ccc1OCC(C)(C)C. The first-order valence-corrected chi connectivity index (χ1v) is 13.1. The van der Waals surface area contributed by atoms with E-state index < -0.39 is 0 Å². The molecule has 4 rings (SSSR count). The molecule has 1 aromatic heterocycles. The van der Waals surface area contributed by atoms with Crippen molar-refractivity contribution in [1.82, 2.24) is 9.66 Å². The zero-order valence-electron chi connectivity index (χ0n) is 24.0. The van der Waals surface area contributed by atoms with E-state index in [1.54, 1.807) is 26.5 Å². The van der Waals surface area contributed by atoms with Crippen molar-refractivity contribution >= 4 is 17.1 Å². The number of rotatable bonds is 8. The molecule has 0 unspecified atom stereocenters. The van der Waals surface area contributed by atoms with Gasteiger partial charge in [-0.1, -0.05) is 46.8 Å². The summed E-state index contributed by atoms with van der Waals surface area (Å²) in [6, 6.07) is 16.9. The quantitative estimate of drug-likeness (QED) is 0.235. The molecule has 1 heterocycles. The van der Waals surface area contributed by atoms with Crippen LogP contribution in [0.2, 0.25) is 0 Å². The highest BCUT2D eigenvalue weighted by Crippen LogP contribution is 2.34. The largest absolute Gasteiger partial charge is 0.496 e. The third-order valence-corrected chi connectivity index (χ3v) is 6.36. The van der Waals surface area contributed by atoms with Crippen LogP contribution in [0.15, 0.2) is 64.5 Å². The normalized spacial score (nSPS) is 11.9. The van der Waals surface area contributed by atoms with Gasteiger partial charge in [-0.2, -0.15) is 9.78 Å². The van der Waals surface area contributed by atoms with Gasteiger partial charge in [0, 0.05) is 5.56 Å². The molecule has 7 heteroatoms. The number of hydrogen-bond acceptors (Lipinski definition) is 6. The van der Waals surface area contributed by atoms with E-state index in [1.807, 2.05) is 55.5 Å². The molecule has 0 saturated carbocycles. The van der Waals surface area contributed by atoms with Crippen molar-refractivity contribution in [3.63, 3.8) is 0 Å². The van der Waals surface area contributed by atoms with Gasteiger partial charge >= 0.3 is 0 Å². The Morgan fingerprint density at radius 2 is 1.69 bits per heavy atom. The summed E-state index contributed by atoms with van der Waals surface area (Å²) in [5.74, 6) is 2.75. The Morgan fingerprint density at radius 3 is 2.36 bits per heavy atom. The van der Waals surface area contributed by atoms with E-state index in [0.29, 0.717) is 34.8 Å². The van der Waals surface area contributed by atoms with Crippen molar-refractivity contribution in [2.24, 2.45) is 10.5 Å². The minimum atomic E-state index is -0.245. The van der Waals surface area contributed by atoms with E-state index in [2.05, 4.69) is 39.7 Å². The highest BCUT2D eigenvalue weighted by atomic mass is 16.5. The van der Waals surface area contributed by atoms with E-state index in [0.717, 1.165) is 28.0 Å². The molecule has 39 heavy (non-hydrogen) atoms. The molecule has 0 aliphatic carbocycles. The van der Waals surface area contributed by atoms with Crippen molar-refractivity contribution < 1.29 is 14.2 Å². The number of benzene rings is 3. The number of fused-ring (bicyclic) bond motifs is 1. The second-order valence-corrected chi connectivity index (χ2v) is 11.1. The van der Waals surface area contributed by atoms with Crippen LogP contribution in [-0.2, 0) is 0 Å². The molecule has 0 radical (unpaired) electrons. The molecule has 0 saturated heterocycles. The van der Waals surface area contributed by atoms with Crippen molar-refractivity contribution in [3.05, 3.63) is 81.6 Å². The fraction of sp³-hybridized carbons (Fsp3) is 0.344. The van der Waals surface area contributed by atoms with Crippen LogP contribution in [0.5, 0.6) is 17.2 Å². The molecule has 0 bridgehead atoms. The number of nitrogens with zero attached hydrogens (tertiary/aromatic N) is 3. The monoisotopic (exact) mass is 527 g/mol. The van der Waals surface area contributed by atoms with Crippen molar-refractivity contribution in [2.75, 3.05) is 20.8 Å². The number of para-hydroxylation sites is 1. The van der Waals surface area contributed by atoms with E-state index in [1.165, 1.54) is 4.68 Å². The maximum Gasteiger partial charge on any atom is 0.282 e. The zero-order chi connectivity index (χ0) is 28.3. The highest BCUT2D eigenvalue weighted by molar-refractivity contribution is 5.83. The van der Waals surface area contributed by atoms with Crippen molar-refractivity contribution in [3.8, 4) is 28.6 Å². The van der Waals surface area contributed by atoms with Crippen LogP contribution in [0.25, 0.3) is 22.3 Å². The first-order valence-electron chi connectivity index (χ1n) is 13.1. The Bertz CT molecular complexity index is 1580. The second-order valence-electron chi connectivity index (χ2n) is 11.1. The highest BCUT2D eigenvalue weighted by Gasteiger charge is 2.19. The van der Waals surface area contributed by atoms with E-state index in [4.69, 9.17) is 19.2 Å². The van der Waals surface area contributed by atoms with E-state index in [9.17, 15) is 4.79 Å². The lowest BCUT2D eigenvalue weighted by Crippen LogP contribution is -2.21. The average Bonchev–Trinajstić information content (AvgIpc) is 2.90. The van der Waals surface area contributed by atoms with Gasteiger partial charge in [0.25, 0.3) is 5.56 Å². The molecule has 0 atom stereocenters. The third kappa shape index (κ3) is 6.14. The summed E-state index contributed by atoms with van der Waals surface area (Å²) in [7, 11) is 3.28. The lowest BCUT2D eigenvalue weighted by atomic mass is 9.96. The molecule has 0 N–H and O–H groups in total. The first-order chi connectivity index (χ1) is 18.5. The number of methoxy groups -OCH3 is 2. The first kappa shape index (κ1) is 27.9. The van der Waals surface area contributed by atoms with E-state index >= 15 is 0 Å². The van der Waals surface area contributed by atoms with Crippen LogP contribution in [0.4, 0.5) is 0 Å². The summed E-state index contributed by atoms with van der Waals surface area (Å²) in [6.07, 6.45) is 1.64. The Balaban J connectivity index is 1.85. The van der Waals surface area contributed by atoms with Crippen LogP contribution < -0.4 is 19.8 Å². The van der Waals surface area contributed by atoms with Gasteiger partial charge in [0.15, 0.2) is 17.3 Å². The Labute approximate surface area is 230 Å². The minimum absolute atomic E-state index is 0.0147. The Hall–Kier alpha value is -4.13. The smallest absolute Gasteiger partial charge is 0.282 e. The molecular formula is C32H37N3O4. The van der Waals surface area contributed by atoms with Gasteiger partial charge in [0.05, 0.1) is 37.9 Å². The van der Waals surface area contributed by atoms with Crippen LogP contribution in [-0.4, -0.2) is 36.7 Å². The predicted octanol–water partition coefficient (Wildman–Crippen LogP) is 6.82. The number of aryl methyl sites for hydroxylation is 1. The van der Waals surface area contributed by atoms with Crippen molar-refractivity contribution in [1.29, 1.82) is 0 Å². The minimum Gasteiger partial charge on any atom is -0.496 e. The molecular weight excluding hydrogens is 490 g/mol. The van der Waals surface area contributed by atoms with Gasteiger partial charge in [-0.15, -0.1) is 0 Å². The fourth-order valence-electron chi connectivity index (χ4n) is 4.27. The fourth-order valence-corrected chi connectivity index (χ4v) is 4.27. The second kappa shape index (κ2) is 11.3. The van der Waals surface area contributed by atoms with Crippen LogP contribution in [0, 0.1) is 12.3 Å². The standard InChI is InChI=1S/C32H37N3O4/c1-20(2)24-17-25(21(3)15-28(24)37-7)30-34-26-12-10-9-11-23(26)31(36)35(30)33-18-22-13-14-27(29(16-22)38-8)39-19-32(4,5)6/h9-18,20H,19H2,1-8H3. The third-order valence-electron chi connectivity index (χ3n) is 6.36. The molecule has 0 fully saturated rings. The summed E-state index contributed by atoms with van der Waals surface area (Å²) < 4.78 is 18.6. The number of ether oxygens (including phenoxy) is 3. The molecule has 0 amide bonds. The summed E-state index contributed by atoms with van der Waals surface area (Å²) in [5.41, 5.74) is 3.94. The van der Waals surface area contributed by atoms with Gasteiger partial charge in [0.1, 0.15) is 5.75 Å². The predicted molar refractivity (Wildman–Crippen MR) is 158 cm³/mol. The summed E-state index contributed by atoms with van der Waals surface area (Å²) in [6.45, 7) is 13.1. The van der Waals surface area contributed by atoms with Gasteiger partial charge in [-0.05, 0) is 77.4 Å². The van der Waals surface area contributed by atoms with Gasteiger partial charge < -0.3 is 14.2 Å². The average molecular weight is 528 g/mol. The topological polar surface area (TPSA) is 74.9 Å². The van der Waals surface area contributed by atoms with Gasteiger partial charge in [0.2, 0.25) is 0 Å². The molecule has 4 aromatic rings. The van der Waals surface area contributed by atoms with Crippen LogP contribution in [0.1, 0.15) is 57.2 Å². The van der Waals surface area contributed by atoms with Crippen LogP contribution in [0.3, 0.4) is 0 Å². The molecule has 0 aliphatic heterocycles. The summed E-state index contributed by atoms with van der Waals surface area (Å²) >= 11 is 0. The summed E-state index contributed by atoms with van der Waals surface area (Å²) in [4.78, 5) is 18.6. The zero-order valence-corrected chi connectivity index (χ0v) is 24.0. The Morgan fingerprint density at radius 1 is 0.974 bits per heavy atom. The maximum absolute atomic E-state index is 13.7. The van der Waals surface area contributed by atoms with Crippen molar-refractivity contribution in [2.45, 2.75) is 47.5 Å². The molecule has 3 aromatic carbocycles. The number of aromatic nitrogens is 2. The Kier molecular flexibility index (Phi) is 8.09. The van der Waals surface area contributed by atoms with Gasteiger partial charge in [-0.3, -0.25) is 4.79 Å². The van der Waals surface area contributed by atoms with E-state index in [-0.39, 0.29) is 16.9 Å². The lowest BCUT2D eigenvalue weighted by Gasteiger charge is -2.20.